The third kappa shape index (κ3) is 2.77. The third-order valence-electron chi connectivity index (χ3n) is 4.54. The molecule has 0 bridgehead atoms. The van der Waals surface area contributed by atoms with E-state index in [0.717, 1.165) is 30.7 Å². The standard InChI is InChI=1S/C16H22FN3S/c1-10(2)19-5-4-12(8-19)9-20-15-6-11(3)13(17)7-14(15)18-16(20)21/h6-7,10,12H,4-5,8-9H2,1-3H3,(H,18,21). The first-order valence-electron chi connectivity index (χ1n) is 7.58. The summed E-state index contributed by atoms with van der Waals surface area (Å²) in [7, 11) is 0. The van der Waals surface area contributed by atoms with Crippen molar-refractivity contribution in [2.24, 2.45) is 5.92 Å². The lowest BCUT2D eigenvalue weighted by atomic mass is 10.1. The van der Waals surface area contributed by atoms with Crippen LogP contribution in [0.3, 0.4) is 0 Å². The van der Waals surface area contributed by atoms with E-state index in [0.29, 0.717) is 22.3 Å². The Kier molecular flexibility index (Phi) is 3.88. The highest BCUT2D eigenvalue weighted by Crippen LogP contribution is 2.24. The number of H-pyrrole nitrogens is 1. The summed E-state index contributed by atoms with van der Waals surface area (Å²) in [5, 5.41) is 0. The Labute approximate surface area is 129 Å². The molecular formula is C16H22FN3S. The molecule has 1 saturated heterocycles. The van der Waals surface area contributed by atoms with Crippen molar-refractivity contribution in [2.45, 2.75) is 39.8 Å². The Hall–Kier alpha value is -1.20. The van der Waals surface area contributed by atoms with E-state index in [1.165, 1.54) is 6.42 Å². The molecule has 3 rings (SSSR count). The van der Waals surface area contributed by atoms with E-state index in [-0.39, 0.29) is 5.82 Å². The van der Waals surface area contributed by atoms with Crippen LogP contribution in [0.1, 0.15) is 25.8 Å². The molecule has 21 heavy (non-hydrogen) atoms. The number of halogens is 1. The molecule has 114 valence electrons. The van der Waals surface area contributed by atoms with Crippen molar-refractivity contribution in [3.05, 3.63) is 28.3 Å². The second-order valence-electron chi connectivity index (χ2n) is 6.40. The molecule has 1 fully saturated rings. The van der Waals surface area contributed by atoms with Crippen LogP contribution in [0.4, 0.5) is 4.39 Å². The van der Waals surface area contributed by atoms with Crippen molar-refractivity contribution >= 4 is 23.3 Å². The summed E-state index contributed by atoms with van der Waals surface area (Å²) in [5.74, 6) is 0.432. The molecule has 1 atom stereocenters. The number of hydrogen-bond acceptors (Lipinski definition) is 2. The lowest BCUT2D eigenvalue weighted by Crippen LogP contribution is -2.28. The Bertz CT molecular complexity index is 716. The van der Waals surface area contributed by atoms with Gasteiger partial charge in [0.25, 0.3) is 0 Å². The quantitative estimate of drug-likeness (QED) is 0.870. The zero-order chi connectivity index (χ0) is 15.1. The first-order chi connectivity index (χ1) is 9.95. The Morgan fingerprint density at radius 1 is 1.43 bits per heavy atom. The second kappa shape index (κ2) is 5.54. The predicted molar refractivity (Wildman–Crippen MR) is 86.6 cm³/mol. The van der Waals surface area contributed by atoms with E-state index in [9.17, 15) is 4.39 Å². The van der Waals surface area contributed by atoms with E-state index in [1.807, 2.05) is 6.07 Å². The monoisotopic (exact) mass is 307 g/mol. The SMILES string of the molecule is Cc1cc2c(cc1F)[nH]c(=S)n2CC1CCN(C(C)C)C1. The van der Waals surface area contributed by atoms with Crippen LogP contribution in [0, 0.1) is 23.4 Å². The van der Waals surface area contributed by atoms with Gasteiger partial charge in [-0.25, -0.2) is 4.39 Å². The van der Waals surface area contributed by atoms with Crippen LogP contribution < -0.4 is 0 Å². The normalized spacial score (nSPS) is 20.0. The number of nitrogens with zero attached hydrogens (tertiary/aromatic N) is 2. The minimum absolute atomic E-state index is 0.183. The second-order valence-corrected chi connectivity index (χ2v) is 6.79. The molecule has 1 aliphatic heterocycles. The fraction of sp³-hybridized carbons (Fsp3) is 0.562. The van der Waals surface area contributed by atoms with Gasteiger partial charge in [0.05, 0.1) is 11.0 Å². The number of aryl methyl sites for hydroxylation is 1. The number of rotatable bonds is 3. The molecule has 1 aromatic heterocycles. The average molecular weight is 307 g/mol. The number of aromatic nitrogens is 2. The summed E-state index contributed by atoms with van der Waals surface area (Å²) in [6.07, 6.45) is 1.20. The van der Waals surface area contributed by atoms with E-state index >= 15 is 0 Å². The Morgan fingerprint density at radius 3 is 2.86 bits per heavy atom. The minimum atomic E-state index is -0.183. The molecule has 0 aliphatic carbocycles. The van der Waals surface area contributed by atoms with Crippen LogP contribution in [0.2, 0.25) is 0 Å². The van der Waals surface area contributed by atoms with Crippen LogP contribution in [0.5, 0.6) is 0 Å². The minimum Gasteiger partial charge on any atom is -0.330 e. The van der Waals surface area contributed by atoms with Gasteiger partial charge in [0.2, 0.25) is 0 Å². The van der Waals surface area contributed by atoms with Crippen molar-refractivity contribution < 1.29 is 4.39 Å². The van der Waals surface area contributed by atoms with Crippen molar-refractivity contribution in [2.75, 3.05) is 13.1 Å². The molecular weight excluding hydrogens is 285 g/mol. The smallest absolute Gasteiger partial charge is 0.178 e. The van der Waals surface area contributed by atoms with Gasteiger partial charge in [0, 0.05) is 19.1 Å². The molecule has 1 N–H and O–H groups in total. The third-order valence-corrected chi connectivity index (χ3v) is 4.87. The summed E-state index contributed by atoms with van der Waals surface area (Å²) in [6.45, 7) is 9.47. The summed E-state index contributed by atoms with van der Waals surface area (Å²) >= 11 is 5.43. The molecule has 5 heteroatoms. The average Bonchev–Trinajstić information content (AvgIpc) is 2.98. The van der Waals surface area contributed by atoms with Gasteiger partial charge in [-0.3, -0.25) is 0 Å². The van der Waals surface area contributed by atoms with Crippen LogP contribution in [0.25, 0.3) is 11.0 Å². The largest absolute Gasteiger partial charge is 0.330 e. The van der Waals surface area contributed by atoms with E-state index in [4.69, 9.17) is 12.2 Å². The summed E-state index contributed by atoms with van der Waals surface area (Å²) in [4.78, 5) is 5.64. The van der Waals surface area contributed by atoms with Crippen molar-refractivity contribution in [3.63, 3.8) is 0 Å². The molecule has 0 spiro atoms. The first kappa shape index (κ1) is 14.7. The lowest BCUT2D eigenvalue weighted by Gasteiger charge is -2.20. The van der Waals surface area contributed by atoms with Gasteiger partial charge < -0.3 is 14.5 Å². The maximum Gasteiger partial charge on any atom is 0.178 e. The van der Waals surface area contributed by atoms with Gasteiger partial charge in [-0.2, -0.15) is 0 Å². The van der Waals surface area contributed by atoms with E-state index < -0.39 is 0 Å². The fourth-order valence-electron chi connectivity index (χ4n) is 3.20. The van der Waals surface area contributed by atoms with Crippen molar-refractivity contribution in [1.29, 1.82) is 0 Å². The molecule has 1 aromatic carbocycles. The molecule has 1 unspecified atom stereocenters. The highest BCUT2D eigenvalue weighted by molar-refractivity contribution is 7.71. The van der Waals surface area contributed by atoms with Gasteiger partial charge >= 0.3 is 0 Å². The zero-order valence-electron chi connectivity index (χ0n) is 12.8. The number of aromatic amines is 1. The number of nitrogens with one attached hydrogen (secondary N) is 1. The van der Waals surface area contributed by atoms with Gasteiger partial charge in [-0.05, 0) is 69.6 Å². The lowest BCUT2D eigenvalue weighted by molar-refractivity contribution is 0.261. The summed E-state index contributed by atoms with van der Waals surface area (Å²) in [6, 6.07) is 4.04. The zero-order valence-corrected chi connectivity index (χ0v) is 13.6. The Balaban J connectivity index is 1.89. The van der Waals surface area contributed by atoms with Crippen molar-refractivity contribution in [3.8, 4) is 0 Å². The molecule has 3 nitrogen and oxygen atoms in total. The van der Waals surface area contributed by atoms with Crippen LogP contribution in [-0.2, 0) is 6.54 Å². The van der Waals surface area contributed by atoms with Crippen LogP contribution in [-0.4, -0.2) is 33.6 Å². The van der Waals surface area contributed by atoms with Crippen LogP contribution >= 0.6 is 12.2 Å². The Morgan fingerprint density at radius 2 is 2.19 bits per heavy atom. The topological polar surface area (TPSA) is 24.0 Å². The molecule has 0 amide bonds. The molecule has 1 aliphatic rings. The maximum atomic E-state index is 13.7. The fourth-order valence-corrected chi connectivity index (χ4v) is 3.48. The molecule has 0 saturated carbocycles. The first-order valence-corrected chi connectivity index (χ1v) is 7.99. The van der Waals surface area contributed by atoms with Gasteiger partial charge in [0.15, 0.2) is 4.77 Å². The van der Waals surface area contributed by atoms with E-state index in [1.54, 1.807) is 13.0 Å². The van der Waals surface area contributed by atoms with Crippen molar-refractivity contribution in [1.82, 2.24) is 14.5 Å². The number of benzene rings is 1. The number of imidazole rings is 1. The van der Waals surface area contributed by atoms with E-state index in [2.05, 4.69) is 28.3 Å². The maximum absolute atomic E-state index is 13.7. The van der Waals surface area contributed by atoms with Gasteiger partial charge in [-0.1, -0.05) is 0 Å². The molecule has 2 heterocycles. The molecule has 0 radical (unpaired) electrons. The number of hydrogen-bond donors (Lipinski definition) is 1. The van der Waals surface area contributed by atoms with Gasteiger partial charge in [0.1, 0.15) is 5.82 Å². The predicted octanol–water partition coefficient (Wildman–Crippen LogP) is 3.88. The highest BCUT2D eigenvalue weighted by atomic mass is 32.1. The van der Waals surface area contributed by atoms with Gasteiger partial charge in [-0.15, -0.1) is 0 Å². The number of likely N-dealkylation sites (tertiary alicyclic amines) is 1. The highest BCUT2D eigenvalue weighted by Gasteiger charge is 2.25. The summed E-state index contributed by atoms with van der Waals surface area (Å²) in [5.41, 5.74) is 2.48. The van der Waals surface area contributed by atoms with Crippen LogP contribution in [0.15, 0.2) is 12.1 Å². The molecule has 2 aromatic rings. The summed E-state index contributed by atoms with van der Waals surface area (Å²) < 4.78 is 16.5. The number of fused-ring (bicyclic) bond motifs is 1.